The topological polar surface area (TPSA) is 84.2 Å². The Morgan fingerprint density at radius 2 is 1.70 bits per heavy atom. The smallest absolute Gasteiger partial charge is 0.260 e. The van der Waals surface area contributed by atoms with Gasteiger partial charge in [-0.25, -0.2) is 0 Å². The van der Waals surface area contributed by atoms with Crippen molar-refractivity contribution < 1.29 is 9.59 Å². The molecule has 0 saturated heterocycles. The van der Waals surface area contributed by atoms with Crippen molar-refractivity contribution in [3.8, 4) is 0 Å². The van der Waals surface area contributed by atoms with Crippen LogP contribution in [0.5, 0.6) is 0 Å². The lowest BCUT2D eigenvalue weighted by molar-refractivity contribution is -0.114. The van der Waals surface area contributed by atoms with E-state index in [1.165, 1.54) is 0 Å². The number of rotatable bonds is 4. The molecular weight excluding hydrogens is 290 g/mol. The molecule has 0 unspecified atom stereocenters. The van der Waals surface area contributed by atoms with Crippen LogP contribution in [-0.2, 0) is 17.9 Å². The van der Waals surface area contributed by atoms with Gasteiger partial charge < -0.3 is 11.1 Å². The van der Waals surface area contributed by atoms with E-state index in [9.17, 15) is 9.59 Å². The van der Waals surface area contributed by atoms with Crippen LogP contribution in [0.25, 0.3) is 5.57 Å². The first-order chi connectivity index (χ1) is 11.2. The van der Waals surface area contributed by atoms with Gasteiger partial charge in [0.2, 0.25) is 0 Å². The molecule has 2 amide bonds. The quantitative estimate of drug-likeness (QED) is 0.591. The molecule has 1 aliphatic rings. The Bertz CT molecular complexity index is 796. The van der Waals surface area contributed by atoms with Gasteiger partial charge in [-0.1, -0.05) is 42.5 Å². The molecule has 5 heteroatoms. The molecule has 3 rings (SSSR count). The summed E-state index contributed by atoms with van der Waals surface area (Å²) in [5.41, 5.74) is 9.37. The van der Waals surface area contributed by atoms with Gasteiger partial charge in [0.1, 0.15) is 0 Å². The van der Waals surface area contributed by atoms with Crippen molar-refractivity contribution in [1.82, 2.24) is 10.6 Å². The van der Waals surface area contributed by atoms with E-state index in [0.29, 0.717) is 29.8 Å². The number of amides is 2. The lowest BCUT2D eigenvalue weighted by atomic mass is 9.96. The third-order valence-corrected chi connectivity index (χ3v) is 3.71. The number of fused-ring (bicyclic) bond motifs is 1. The van der Waals surface area contributed by atoms with Gasteiger partial charge in [0.05, 0.1) is 5.57 Å². The summed E-state index contributed by atoms with van der Waals surface area (Å²) in [6.45, 7) is 1.06. The van der Waals surface area contributed by atoms with Gasteiger partial charge in [-0.15, -0.1) is 0 Å². The number of nitrogens with two attached hydrogens (primary N) is 1. The van der Waals surface area contributed by atoms with Gasteiger partial charge in [0.25, 0.3) is 11.8 Å². The minimum absolute atomic E-state index is 0.363. The normalized spacial score (nSPS) is 15.3. The van der Waals surface area contributed by atoms with Crippen molar-refractivity contribution in [2.24, 2.45) is 5.73 Å². The number of benzene rings is 2. The SMILES string of the molecule is NCc1cccc(CNC=C2C(=O)NC(=O)c3ccccc32)c1. The van der Waals surface area contributed by atoms with Crippen LogP contribution in [0.1, 0.15) is 27.0 Å². The van der Waals surface area contributed by atoms with Crippen molar-refractivity contribution in [2.75, 3.05) is 0 Å². The summed E-state index contributed by atoms with van der Waals surface area (Å²) in [5, 5.41) is 5.48. The zero-order chi connectivity index (χ0) is 16.2. The van der Waals surface area contributed by atoms with Crippen molar-refractivity contribution in [2.45, 2.75) is 13.1 Å². The van der Waals surface area contributed by atoms with Gasteiger partial charge in [-0.2, -0.15) is 0 Å². The molecule has 4 N–H and O–H groups in total. The zero-order valence-electron chi connectivity index (χ0n) is 12.5. The third kappa shape index (κ3) is 3.14. The van der Waals surface area contributed by atoms with Gasteiger partial charge in [0, 0.05) is 30.4 Å². The molecule has 2 aromatic rings. The van der Waals surface area contributed by atoms with Crippen LogP contribution in [0.4, 0.5) is 0 Å². The largest absolute Gasteiger partial charge is 0.386 e. The van der Waals surface area contributed by atoms with Crippen molar-refractivity contribution in [1.29, 1.82) is 0 Å². The first-order valence-electron chi connectivity index (χ1n) is 7.35. The molecule has 0 aliphatic carbocycles. The maximum atomic E-state index is 12.1. The second-order valence-corrected chi connectivity index (χ2v) is 5.29. The van der Waals surface area contributed by atoms with Crippen LogP contribution in [0.3, 0.4) is 0 Å². The number of imide groups is 1. The Labute approximate surface area is 134 Å². The van der Waals surface area contributed by atoms with Gasteiger partial charge in [0.15, 0.2) is 0 Å². The molecule has 23 heavy (non-hydrogen) atoms. The monoisotopic (exact) mass is 307 g/mol. The van der Waals surface area contributed by atoms with E-state index >= 15 is 0 Å². The summed E-state index contributed by atoms with van der Waals surface area (Å²) in [5.74, 6) is -0.754. The van der Waals surface area contributed by atoms with E-state index in [0.717, 1.165) is 11.1 Å². The number of hydrogen-bond acceptors (Lipinski definition) is 4. The van der Waals surface area contributed by atoms with Crippen molar-refractivity contribution >= 4 is 17.4 Å². The maximum Gasteiger partial charge on any atom is 0.260 e. The fourth-order valence-electron chi connectivity index (χ4n) is 2.56. The molecule has 1 heterocycles. The minimum atomic E-state index is -0.392. The van der Waals surface area contributed by atoms with E-state index in [1.807, 2.05) is 30.3 Å². The Morgan fingerprint density at radius 1 is 0.957 bits per heavy atom. The van der Waals surface area contributed by atoms with Gasteiger partial charge >= 0.3 is 0 Å². The number of hydrogen-bond donors (Lipinski definition) is 3. The number of nitrogens with one attached hydrogen (secondary N) is 2. The first kappa shape index (κ1) is 15.0. The van der Waals surface area contributed by atoms with E-state index in [4.69, 9.17) is 5.73 Å². The number of carbonyl (C=O) groups is 2. The highest BCUT2D eigenvalue weighted by Gasteiger charge is 2.26. The predicted octanol–water partition coefficient (Wildman–Crippen LogP) is 1.55. The molecule has 2 aromatic carbocycles. The Balaban J connectivity index is 1.80. The highest BCUT2D eigenvalue weighted by molar-refractivity contribution is 6.30. The Kier molecular flexibility index (Phi) is 4.21. The average Bonchev–Trinajstić information content (AvgIpc) is 2.58. The van der Waals surface area contributed by atoms with E-state index in [-0.39, 0.29) is 5.91 Å². The molecular formula is C18H17N3O2. The maximum absolute atomic E-state index is 12.1. The summed E-state index contributed by atoms with van der Waals surface area (Å²) < 4.78 is 0. The zero-order valence-corrected chi connectivity index (χ0v) is 12.5. The minimum Gasteiger partial charge on any atom is -0.386 e. The molecule has 116 valence electrons. The Hall–Kier alpha value is -2.92. The van der Waals surface area contributed by atoms with Gasteiger partial charge in [-0.05, 0) is 17.2 Å². The summed E-state index contributed by atoms with van der Waals surface area (Å²) in [6.07, 6.45) is 1.65. The lowest BCUT2D eigenvalue weighted by Gasteiger charge is -2.18. The molecule has 0 saturated carbocycles. The summed E-state index contributed by atoms with van der Waals surface area (Å²) in [6, 6.07) is 15.0. The van der Waals surface area contributed by atoms with Gasteiger partial charge in [-0.3, -0.25) is 14.9 Å². The van der Waals surface area contributed by atoms with Crippen LogP contribution in [-0.4, -0.2) is 11.8 Å². The molecule has 1 aliphatic heterocycles. The van der Waals surface area contributed by atoms with E-state index in [2.05, 4.69) is 10.6 Å². The van der Waals surface area contributed by atoms with Crippen LogP contribution in [0.2, 0.25) is 0 Å². The van der Waals surface area contributed by atoms with E-state index < -0.39 is 5.91 Å². The molecule has 0 spiro atoms. The fraction of sp³-hybridized carbons (Fsp3) is 0.111. The predicted molar refractivity (Wildman–Crippen MR) is 88.1 cm³/mol. The van der Waals surface area contributed by atoms with Crippen LogP contribution < -0.4 is 16.4 Å². The lowest BCUT2D eigenvalue weighted by Crippen LogP contribution is -2.36. The second-order valence-electron chi connectivity index (χ2n) is 5.29. The van der Waals surface area contributed by atoms with Crippen LogP contribution in [0, 0.1) is 0 Å². The summed E-state index contributed by atoms with van der Waals surface area (Å²) in [4.78, 5) is 23.9. The first-order valence-corrected chi connectivity index (χ1v) is 7.35. The van der Waals surface area contributed by atoms with E-state index in [1.54, 1.807) is 24.4 Å². The molecule has 0 atom stereocenters. The standard InChI is InChI=1S/C18H17N3O2/c19-9-12-4-3-5-13(8-12)10-20-11-16-14-6-1-2-7-15(14)17(22)21-18(16)23/h1-8,11,20H,9-10,19H2,(H,21,22,23). The molecule has 0 bridgehead atoms. The second kappa shape index (κ2) is 6.46. The molecule has 0 radical (unpaired) electrons. The van der Waals surface area contributed by atoms with Crippen LogP contribution in [0.15, 0.2) is 54.7 Å². The summed E-state index contributed by atoms with van der Waals surface area (Å²) in [7, 11) is 0. The molecule has 5 nitrogen and oxygen atoms in total. The highest BCUT2D eigenvalue weighted by Crippen LogP contribution is 2.23. The highest BCUT2D eigenvalue weighted by atomic mass is 16.2. The number of carbonyl (C=O) groups excluding carboxylic acids is 2. The third-order valence-electron chi connectivity index (χ3n) is 3.71. The fourth-order valence-corrected chi connectivity index (χ4v) is 2.56. The van der Waals surface area contributed by atoms with Crippen molar-refractivity contribution in [3.63, 3.8) is 0 Å². The Morgan fingerprint density at radius 3 is 2.48 bits per heavy atom. The average molecular weight is 307 g/mol. The molecule has 0 aromatic heterocycles. The summed E-state index contributed by atoms with van der Waals surface area (Å²) >= 11 is 0. The molecule has 0 fully saturated rings. The van der Waals surface area contributed by atoms with Crippen molar-refractivity contribution in [3.05, 3.63) is 77.0 Å². The van der Waals surface area contributed by atoms with Crippen LogP contribution >= 0.6 is 0 Å².